The lowest BCUT2D eigenvalue weighted by Crippen LogP contribution is -2.15. The molecule has 0 amide bonds. The fourth-order valence-corrected chi connectivity index (χ4v) is 1.24. The standard InChI is InChI=1S/C10H7Cl3O3/c11-8(14)5-6-1-3-7(4-2-6)16-10(15)9(12)13/h1-4,9H,5H2. The molecule has 0 saturated heterocycles. The molecule has 86 valence electrons. The molecule has 0 saturated carbocycles. The highest BCUT2D eigenvalue weighted by Crippen LogP contribution is 2.15. The zero-order valence-electron chi connectivity index (χ0n) is 7.95. The van der Waals surface area contributed by atoms with Gasteiger partial charge in [0.25, 0.3) is 0 Å². The minimum atomic E-state index is -1.22. The molecule has 0 aliphatic heterocycles. The van der Waals surface area contributed by atoms with Gasteiger partial charge in [0.05, 0.1) is 0 Å². The lowest BCUT2D eigenvalue weighted by molar-refractivity contribution is -0.132. The van der Waals surface area contributed by atoms with Gasteiger partial charge in [-0.3, -0.25) is 4.79 Å². The van der Waals surface area contributed by atoms with E-state index in [-0.39, 0.29) is 6.42 Å². The fraction of sp³-hybridized carbons (Fsp3) is 0.200. The Morgan fingerprint density at radius 1 is 1.19 bits per heavy atom. The van der Waals surface area contributed by atoms with Crippen LogP contribution >= 0.6 is 34.8 Å². The molecule has 0 radical (unpaired) electrons. The van der Waals surface area contributed by atoms with Crippen molar-refractivity contribution < 1.29 is 14.3 Å². The third-order valence-electron chi connectivity index (χ3n) is 1.66. The van der Waals surface area contributed by atoms with Crippen molar-refractivity contribution in [1.29, 1.82) is 0 Å². The van der Waals surface area contributed by atoms with E-state index in [2.05, 4.69) is 0 Å². The topological polar surface area (TPSA) is 43.4 Å². The number of rotatable bonds is 4. The second-order valence-corrected chi connectivity index (χ2v) is 4.42. The SMILES string of the molecule is O=C(Cl)Cc1ccc(OC(=O)C(Cl)Cl)cc1. The van der Waals surface area contributed by atoms with E-state index in [1.807, 2.05) is 0 Å². The van der Waals surface area contributed by atoms with Gasteiger partial charge in [-0.1, -0.05) is 35.3 Å². The Hall–Kier alpha value is -0.770. The van der Waals surface area contributed by atoms with Gasteiger partial charge in [0.15, 0.2) is 0 Å². The summed E-state index contributed by atoms with van der Waals surface area (Å²) in [6.45, 7) is 0. The lowest BCUT2D eigenvalue weighted by atomic mass is 10.2. The maximum absolute atomic E-state index is 11.0. The summed E-state index contributed by atoms with van der Waals surface area (Å²) < 4.78 is 4.82. The number of alkyl halides is 2. The molecule has 16 heavy (non-hydrogen) atoms. The van der Waals surface area contributed by atoms with Crippen molar-refractivity contribution >= 4 is 46.0 Å². The van der Waals surface area contributed by atoms with Gasteiger partial charge >= 0.3 is 5.97 Å². The second-order valence-electron chi connectivity index (χ2n) is 2.90. The van der Waals surface area contributed by atoms with E-state index in [1.165, 1.54) is 12.1 Å². The summed E-state index contributed by atoms with van der Waals surface area (Å²) in [6, 6.07) is 6.31. The molecule has 0 spiro atoms. The van der Waals surface area contributed by atoms with Crippen LogP contribution in [0.3, 0.4) is 0 Å². The maximum Gasteiger partial charge on any atom is 0.344 e. The Balaban J connectivity index is 2.64. The van der Waals surface area contributed by atoms with Crippen LogP contribution in [0.15, 0.2) is 24.3 Å². The number of ether oxygens (including phenoxy) is 1. The molecule has 0 bridgehead atoms. The quantitative estimate of drug-likeness (QED) is 0.369. The molecule has 1 rings (SSSR count). The number of carbonyl (C=O) groups is 2. The second kappa shape index (κ2) is 6.09. The summed E-state index contributed by atoms with van der Waals surface area (Å²) in [5, 5.41) is -0.452. The van der Waals surface area contributed by atoms with E-state index in [1.54, 1.807) is 12.1 Å². The van der Waals surface area contributed by atoms with Crippen LogP contribution in [0, 0.1) is 0 Å². The first-order chi connectivity index (χ1) is 7.49. The summed E-state index contributed by atoms with van der Waals surface area (Å²) in [4.78, 5) is 20.4. The number of halogens is 3. The maximum atomic E-state index is 11.0. The van der Waals surface area contributed by atoms with Crippen LogP contribution in [0.2, 0.25) is 0 Å². The molecular formula is C10H7Cl3O3. The number of hydrogen-bond acceptors (Lipinski definition) is 3. The van der Waals surface area contributed by atoms with Gasteiger partial charge in [0, 0.05) is 6.42 Å². The van der Waals surface area contributed by atoms with Crippen molar-refractivity contribution in [3.05, 3.63) is 29.8 Å². The normalized spacial score (nSPS) is 10.2. The summed E-state index contributed by atoms with van der Waals surface area (Å²) in [5.74, 6) is -0.438. The zero-order chi connectivity index (χ0) is 12.1. The van der Waals surface area contributed by atoms with Crippen LogP contribution < -0.4 is 4.74 Å². The highest BCUT2D eigenvalue weighted by molar-refractivity contribution is 6.63. The minimum Gasteiger partial charge on any atom is -0.425 e. The average molecular weight is 282 g/mol. The average Bonchev–Trinajstić information content (AvgIpc) is 2.20. The van der Waals surface area contributed by atoms with Gasteiger partial charge in [-0.05, 0) is 29.3 Å². The van der Waals surface area contributed by atoms with E-state index in [9.17, 15) is 9.59 Å². The van der Waals surface area contributed by atoms with Crippen LogP contribution in [0.4, 0.5) is 0 Å². The van der Waals surface area contributed by atoms with Gasteiger partial charge in [-0.15, -0.1) is 0 Å². The zero-order valence-corrected chi connectivity index (χ0v) is 10.2. The Kier molecular flexibility index (Phi) is 5.06. The molecule has 0 N–H and O–H groups in total. The molecule has 0 fully saturated rings. The third-order valence-corrected chi connectivity index (χ3v) is 2.15. The van der Waals surface area contributed by atoms with Crippen LogP contribution in [0.1, 0.15) is 5.56 Å². The van der Waals surface area contributed by atoms with Crippen molar-refractivity contribution in [2.24, 2.45) is 0 Å². The van der Waals surface area contributed by atoms with Crippen LogP contribution in [0.25, 0.3) is 0 Å². The Bertz CT molecular complexity index is 387. The van der Waals surface area contributed by atoms with Gasteiger partial charge < -0.3 is 4.74 Å². The largest absolute Gasteiger partial charge is 0.425 e. The van der Waals surface area contributed by atoms with Crippen LogP contribution in [0.5, 0.6) is 5.75 Å². The van der Waals surface area contributed by atoms with Crippen LogP contribution in [-0.4, -0.2) is 16.0 Å². The Morgan fingerprint density at radius 2 is 1.75 bits per heavy atom. The van der Waals surface area contributed by atoms with Crippen LogP contribution in [-0.2, 0) is 16.0 Å². The Labute approximate surface area is 107 Å². The van der Waals surface area contributed by atoms with Crippen molar-refractivity contribution in [2.45, 2.75) is 11.3 Å². The van der Waals surface area contributed by atoms with Gasteiger partial charge in [0.2, 0.25) is 10.1 Å². The van der Waals surface area contributed by atoms with E-state index >= 15 is 0 Å². The summed E-state index contributed by atoms with van der Waals surface area (Å²) in [7, 11) is 0. The molecule has 0 aromatic heterocycles. The summed E-state index contributed by atoms with van der Waals surface area (Å²) >= 11 is 15.8. The first kappa shape index (κ1) is 13.3. The Morgan fingerprint density at radius 3 is 2.19 bits per heavy atom. The van der Waals surface area contributed by atoms with E-state index in [0.717, 1.165) is 5.56 Å². The molecule has 0 atom stereocenters. The summed E-state index contributed by atoms with van der Waals surface area (Å²) in [6.07, 6.45) is 0.128. The van der Waals surface area contributed by atoms with Gasteiger partial charge in [-0.25, -0.2) is 4.79 Å². The van der Waals surface area contributed by atoms with E-state index < -0.39 is 16.0 Å². The minimum absolute atomic E-state index is 0.128. The smallest absolute Gasteiger partial charge is 0.344 e. The number of esters is 1. The monoisotopic (exact) mass is 280 g/mol. The number of benzene rings is 1. The van der Waals surface area contributed by atoms with Crippen molar-refractivity contribution in [3.8, 4) is 5.75 Å². The highest BCUT2D eigenvalue weighted by atomic mass is 35.5. The van der Waals surface area contributed by atoms with Gasteiger partial charge in [-0.2, -0.15) is 0 Å². The molecule has 1 aromatic carbocycles. The first-order valence-corrected chi connectivity index (χ1v) is 5.51. The summed E-state index contributed by atoms with van der Waals surface area (Å²) in [5.41, 5.74) is 0.730. The molecule has 0 heterocycles. The molecule has 1 aromatic rings. The predicted octanol–water partition coefficient (Wildman–Crippen LogP) is 2.70. The third kappa shape index (κ3) is 4.39. The highest BCUT2D eigenvalue weighted by Gasteiger charge is 2.13. The number of hydrogen-bond donors (Lipinski definition) is 0. The predicted molar refractivity (Wildman–Crippen MR) is 62.1 cm³/mol. The number of carbonyl (C=O) groups excluding carboxylic acids is 2. The van der Waals surface area contributed by atoms with Crippen molar-refractivity contribution in [1.82, 2.24) is 0 Å². The molecule has 6 heteroatoms. The van der Waals surface area contributed by atoms with Crippen molar-refractivity contribution in [2.75, 3.05) is 0 Å². The molecule has 0 aliphatic rings. The molecular weight excluding hydrogens is 274 g/mol. The van der Waals surface area contributed by atoms with Gasteiger partial charge in [0.1, 0.15) is 5.75 Å². The fourth-order valence-electron chi connectivity index (χ4n) is 0.997. The lowest BCUT2D eigenvalue weighted by Gasteiger charge is -2.04. The van der Waals surface area contributed by atoms with E-state index in [0.29, 0.717) is 5.75 Å². The first-order valence-electron chi connectivity index (χ1n) is 4.26. The molecule has 3 nitrogen and oxygen atoms in total. The van der Waals surface area contributed by atoms with E-state index in [4.69, 9.17) is 39.5 Å². The van der Waals surface area contributed by atoms with Crippen molar-refractivity contribution in [3.63, 3.8) is 0 Å². The molecule has 0 unspecified atom stereocenters. The molecule has 0 aliphatic carbocycles.